The Bertz CT molecular complexity index is 1220. The number of aryl methyl sites for hydroxylation is 1. The van der Waals surface area contributed by atoms with E-state index in [0.717, 1.165) is 33.8 Å². The summed E-state index contributed by atoms with van der Waals surface area (Å²) in [6, 6.07) is 22.4. The van der Waals surface area contributed by atoms with E-state index in [4.69, 9.17) is 4.74 Å². The molecule has 0 saturated heterocycles. The molecule has 1 aliphatic rings. The summed E-state index contributed by atoms with van der Waals surface area (Å²) in [6.45, 7) is 2.69. The average molecular weight is 502 g/mol. The van der Waals surface area contributed by atoms with Crippen LogP contribution in [0.4, 0.5) is 0 Å². The van der Waals surface area contributed by atoms with Crippen LogP contribution in [-0.4, -0.2) is 52.2 Å². The van der Waals surface area contributed by atoms with Crippen LogP contribution in [0.15, 0.2) is 72.8 Å². The molecule has 2 atom stereocenters. The predicted molar refractivity (Wildman–Crippen MR) is 140 cm³/mol. The molecule has 7 nitrogen and oxygen atoms in total. The number of rotatable bonds is 12. The molecule has 0 fully saturated rings. The fraction of sp³-hybridized carbons (Fsp3) is 0.300. The molecular weight excluding hydrogens is 470 g/mol. The van der Waals surface area contributed by atoms with E-state index in [0.29, 0.717) is 24.2 Å². The summed E-state index contributed by atoms with van der Waals surface area (Å²) >= 11 is 0. The van der Waals surface area contributed by atoms with Crippen LogP contribution in [0.5, 0.6) is 5.75 Å². The molecule has 0 radical (unpaired) electrons. The van der Waals surface area contributed by atoms with Crippen LogP contribution >= 0.6 is 0 Å². The lowest BCUT2D eigenvalue weighted by Crippen LogP contribution is -2.36. The van der Waals surface area contributed by atoms with Gasteiger partial charge in [0.05, 0.1) is 29.8 Å². The van der Waals surface area contributed by atoms with Gasteiger partial charge in [0.25, 0.3) is 11.8 Å². The van der Waals surface area contributed by atoms with E-state index in [-0.39, 0.29) is 19.4 Å². The van der Waals surface area contributed by atoms with Crippen molar-refractivity contribution in [1.82, 2.24) is 4.90 Å². The molecule has 0 spiro atoms. The Morgan fingerprint density at radius 2 is 1.43 bits per heavy atom. The number of carboxylic acid groups (broad SMARTS) is 1. The van der Waals surface area contributed by atoms with Crippen LogP contribution in [0.25, 0.3) is 11.1 Å². The van der Waals surface area contributed by atoms with Crippen molar-refractivity contribution in [3.05, 3.63) is 89.5 Å². The fourth-order valence-electron chi connectivity index (χ4n) is 4.53. The van der Waals surface area contributed by atoms with Crippen molar-refractivity contribution in [2.75, 3.05) is 13.2 Å². The second-order valence-corrected chi connectivity index (χ2v) is 9.22. The average Bonchev–Trinajstić information content (AvgIpc) is 3.16. The Morgan fingerprint density at radius 1 is 0.865 bits per heavy atom. The summed E-state index contributed by atoms with van der Waals surface area (Å²) in [5.41, 5.74) is 3.74. The van der Waals surface area contributed by atoms with Gasteiger partial charge >= 0.3 is 5.97 Å². The quantitative estimate of drug-likeness (QED) is 0.345. The number of fused-ring (bicyclic) bond motifs is 1. The van der Waals surface area contributed by atoms with Crippen molar-refractivity contribution in [3.8, 4) is 16.9 Å². The highest BCUT2D eigenvalue weighted by Gasteiger charge is 2.36. The third kappa shape index (κ3) is 6.06. The van der Waals surface area contributed by atoms with Crippen molar-refractivity contribution >= 4 is 17.8 Å². The molecule has 0 saturated carbocycles. The third-order valence-electron chi connectivity index (χ3n) is 6.67. The van der Waals surface area contributed by atoms with Crippen molar-refractivity contribution in [1.29, 1.82) is 0 Å². The number of aliphatic hydroxyl groups excluding tert-OH is 1. The van der Waals surface area contributed by atoms with Crippen molar-refractivity contribution in [2.24, 2.45) is 5.92 Å². The summed E-state index contributed by atoms with van der Waals surface area (Å²) in [5, 5.41) is 20.4. The standard InChI is InChI=1S/C30H31NO6/c1-2-19-37-23-14-12-22(13-15-23)21-10-7-20(8-11-21)9-16-27(32)26(30(35)36)17-18-31-28(33)24-5-3-4-6-25(24)29(31)34/h3-8,10-15,26-27,32H,2,9,16-19H2,1H3,(H,35,36)/t26-,27-/m1/s1. The minimum absolute atomic E-state index is 0.0150. The van der Waals surface area contributed by atoms with Crippen molar-refractivity contribution < 1.29 is 29.3 Å². The Morgan fingerprint density at radius 3 is 1.97 bits per heavy atom. The van der Waals surface area contributed by atoms with Crippen LogP contribution in [-0.2, 0) is 11.2 Å². The number of imide groups is 1. The maximum absolute atomic E-state index is 12.5. The summed E-state index contributed by atoms with van der Waals surface area (Å²) in [7, 11) is 0. The Hall–Kier alpha value is -3.97. The zero-order valence-corrected chi connectivity index (χ0v) is 20.8. The minimum atomic E-state index is -1.15. The predicted octanol–water partition coefficient (Wildman–Crippen LogP) is 4.82. The van der Waals surface area contributed by atoms with Crippen LogP contribution in [0, 0.1) is 5.92 Å². The minimum Gasteiger partial charge on any atom is -0.494 e. The van der Waals surface area contributed by atoms with E-state index >= 15 is 0 Å². The molecule has 7 heteroatoms. The van der Waals surface area contributed by atoms with Gasteiger partial charge in [0.1, 0.15) is 5.75 Å². The van der Waals surface area contributed by atoms with Crippen molar-refractivity contribution in [2.45, 2.75) is 38.7 Å². The van der Waals surface area contributed by atoms with E-state index in [9.17, 15) is 24.6 Å². The molecular formula is C30H31NO6. The smallest absolute Gasteiger partial charge is 0.309 e. The molecule has 192 valence electrons. The molecule has 37 heavy (non-hydrogen) atoms. The second-order valence-electron chi connectivity index (χ2n) is 9.22. The van der Waals surface area contributed by atoms with Crippen molar-refractivity contribution in [3.63, 3.8) is 0 Å². The molecule has 0 aromatic heterocycles. The number of aliphatic carboxylic acids is 1. The Kier molecular flexibility index (Phi) is 8.36. The lowest BCUT2D eigenvalue weighted by Gasteiger charge is -2.22. The number of carboxylic acids is 1. The van der Waals surface area contributed by atoms with Gasteiger partial charge in [-0.3, -0.25) is 19.3 Å². The van der Waals surface area contributed by atoms with E-state index in [1.54, 1.807) is 24.3 Å². The lowest BCUT2D eigenvalue weighted by atomic mass is 9.93. The van der Waals surface area contributed by atoms with Crippen LogP contribution in [0.2, 0.25) is 0 Å². The van der Waals surface area contributed by atoms with E-state index in [1.807, 2.05) is 48.5 Å². The summed E-state index contributed by atoms with van der Waals surface area (Å²) in [5.74, 6) is -2.25. The first kappa shape index (κ1) is 26.1. The van der Waals surface area contributed by atoms with Gasteiger partial charge in [-0.15, -0.1) is 0 Å². The van der Waals surface area contributed by atoms with Crippen LogP contribution in [0.3, 0.4) is 0 Å². The van der Waals surface area contributed by atoms with E-state index in [1.165, 1.54) is 0 Å². The molecule has 3 aromatic carbocycles. The van der Waals surface area contributed by atoms with Gasteiger partial charge in [0.15, 0.2) is 0 Å². The largest absolute Gasteiger partial charge is 0.494 e. The molecule has 3 aromatic rings. The molecule has 2 N–H and O–H groups in total. The number of aliphatic hydroxyl groups is 1. The molecule has 1 heterocycles. The van der Waals surface area contributed by atoms with Gasteiger partial charge in [0, 0.05) is 6.54 Å². The maximum atomic E-state index is 12.5. The summed E-state index contributed by atoms with van der Waals surface area (Å²) in [4.78, 5) is 38.0. The molecule has 0 aliphatic carbocycles. The topological polar surface area (TPSA) is 104 Å². The number of hydrogen-bond donors (Lipinski definition) is 2. The normalized spacial score (nSPS) is 14.4. The molecule has 1 aliphatic heterocycles. The van der Waals surface area contributed by atoms with Crippen LogP contribution in [0.1, 0.15) is 52.5 Å². The molecule has 0 bridgehead atoms. The highest BCUT2D eigenvalue weighted by atomic mass is 16.5. The van der Waals surface area contributed by atoms with Gasteiger partial charge in [-0.25, -0.2) is 0 Å². The first-order valence-electron chi connectivity index (χ1n) is 12.6. The van der Waals surface area contributed by atoms with E-state index < -0.39 is 29.8 Å². The Balaban J connectivity index is 1.31. The SMILES string of the molecule is CCCOc1ccc(-c2ccc(CC[C@@H](O)[C@@H](CCN3C(=O)c4ccccc4C3=O)C(=O)O)cc2)cc1. The van der Waals surface area contributed by atoms with Gasteiger partial charge in [-0.1, -0.05) is 55.5 Å². The third-order valence-corrected chi connectivity index (χ3v) is 6.67. The number of hydrogen-bond acceptors (Lipinski definition) is 5. The zero-order valence-electron chi connectivity index (χ0n) is 20.8. The summed E-state index contributed by atoms with van der Waals surface area (Å²) in [6.07, 6.45) is 0.587. The molecule has 0 unspecified atom stereocenters. The second kappa shape index (κ2) is 11.8. The zero-order chi connectivity index (χ0) is 26.4. The molecule has 4 rings (SSSR count). The highest BCUT2D eigenvalue weighted by Crippen LogP contribution is 2.26. The van der Waals surface area contributed by atoms with Gasteiger partial charge in [0.2, 0.25) is 0 Å². The first-order valence-corrected chi connectivity index (χ1v) is 12.6. The van der Waals surface area contributed by atoms with Gasteiger partial charge in [-0.05, 0) is 66.6 Å². The summed E-state index contributed by atoms with van der Waals surface area (Å²) < 4.78 is 5.63. The molecule has 2 amide bonds. The fourth-order valence-corrected chi connectivity index (χ4v) is 4.53. The number of benzene rings is 3. The monoisotopic (exact) mass is 501 g/mol. The van der Waals surface area contributed by atoms with Gasteiger partial charge < -0.3 is 14.9 Å². The number of carbonyl (C=O) groups is 3. The van der Waals surface area contributed by atoms with Gasteiger partial charge in [-0.2, -0.15) is 0 Å². The number of ether oxygens (including phenoxy) is 1. The lowest BCUT2D eigenvalue weighted by molar-refractivity contribution is -0.146. The number of nitrogens with zero attached hydrogens (tertiary/aromatic N) is 1. The highest BCUT2D eigenvalue weighted by molar-refractivity contribution is 6.21. The Labute approximate surface area is 216 Å². The van der Waals surface area contributed by atoms with Crippen LogP contribution < -0.4 is 4.74 Å². The number of amides is 2. The first-order chi connectivity index (χ1) is 17.9. The number of carbonyl (C=O) groups excluding carboxylic acids is 2. The van der Waals surface area contributed by atoms with E-state index in [2.05, 4.69) is 6.92 Å². The maximum Gasteiger partial charge on any atom is 0.309 e.